The molecule has 1 aliphatic rings. The molecule has 21 heavy (non-hydrogen) atoms. The molecule has 1 aliphatic heterocycles. The van der Waals surface area contributed by atoms with Crippen molar-refractivity contribution in [1.82, 2.24) is 13.9 Å². The van der Waals surface area contributed by atoms with Crippen LogP contribution in [0.15, 0.2) is 0 Å². The first-order valence-corrected chi connectivity index (χ1v) is 8.77. The second-order valence-electron chi connectivity index (χ2n) is 4.90. The van der Waals surface area contributed by atoms with Crippen molar-refractivity contribution < 1.29 is 17.9 Å². The predicted octanol–water partition coefficient (Wildman–Crippen LogP) is -0.278. The van der Waals surface area contributed by atoms with E-state index in [0.29, 0.717) is 38.8 Å². The van der Waals surface area contributed by atoms with Crippen LogP contribution in [0.5, 0.6) is 0 Å². The lowest BCUT2D eigenvalue weighted by Crippen LogP contribution is -2.55. The van der Waals surface area contributed by atoms with E-state index in [4.69, 9.17) is 5.73 Å². The lowest BCUT2D eigenvalue weighted by atomic mass is 10.1. The Morgan fingerprint density at radius 1 is 1.29 bits per heavy atom. The number of rotatable bonds is 7. The van der Waals surface area contributed by atoms with Gasteiger partial charge in [0.25, 0.3) is 0 Å². The van der Waals surface area contributed by atoms with Gasteiger partial charge in [0.2, 0.25) is 0 Å². The van der Waals surface area contributed by atoms with Crippen molar-refractivity contribution in [1.29, 1.82) is 0 Å². The summed E-state index contributed by atoms with van der Waals surface area (Å²) in [4.78, 5) is 13.5. The molecule has 1 amide bonds. The fraction of sp³-hybridized carbons (Fsp3) is 0.917. The van der Waals surface area contributed by atoms with Crippen molar-refractivity contribution in [3.63, 3.8) is 0 Å². The molecule has 0 saturated carbocycles. The fourth-order valence-corrected chi connectivity index (χ4v) is 3.52. The number of hydrogen-bond acceptors (Lipinski definition) is 6. The lowest BCUT2D eigenvalue weighted by Gasteiger charge is -2.38. The van der Waals surface area contributed by atoms with E-state index in [9.17, 15) is 13.2 Å². The molecule has 1 atom stereocenters. The minimum absolute atomic E-state index is 0.131. The van der Waals surface area contributed by atoms with Crippen molar-refractivity contribution in [3.8, 4) is 0 Å². The molecule has 0 spiro atoms. The summed E-state index contributed by atoms with van der Waals surface area (Å²) >= 11 is 0. The molecule has 1 unspecified atom stereocenters. The monoisotopic (exact) mass is 322 g/mol. The highest BCUT2D eigenvalue weighted by molar-refractivity contribution is 7.87. The first kappa shape index (κ1) is 18.1. The molecule has 0 radical (unpaired) electrons. The number of piperazine rings is 1. The molecule has 1 fully saturated rings. The van der Waals surface area contributed by atoms with Crippen LogP contribution in [0.25, 0.3) is 0 Å². The largest absolute Gasteiger partial charge is 0.449 e. The average molecular weight is 322 g/mol. The summed E-state index contributed by atoms with van der Waals surface area (Å²) in [6, 6.07) is 0.387. The van der Waals surface area contributed by atoms with E-state index in [0.717, 1.165) is 12.8 Å². The van der Waals surface area contributed by atoms with E-state index in [1.807, 2.05) is 4.72 Å². The Morgan fingerprint density at radius 2 is 1.90 bits per heavy atom. The molecular formula is C12H26N4O4S. The van der Waals surface area contributed by atoms with E-state index in [-0.39, 0.29) is 6.61 Å². The minimum Gasteiger partial charge on any atom is -0.449 e. The fourth-order valence-electron chi connectivity index (χ4n) is 2.48. The Morgan fingerprint density at radius 3 is 2.38 bits per heavy atom. The Balaban J connectivity index is 2.53. The summed E-state index contributed by atoms with van der Waals surface area (Å²) in [5.41, 5.74) is 5.60. The third kappa shape index (κ3) is 5.42. The average Bonchev–Trinajstić information content (AvgIpc) is 2.44. The Labute approximate surface area is 126 Å². The highest BCUT2D eigenvalue weighted by atomic mass is 32.2. The second kappa shape index (κ2) is 8.52. The molecular weight excluding hydrogens is 296 g/mol. The van der Waals surface area contributed by atoms with Gasteiger partial charge in [-0.3, -0.25) is 4.90 Å². The van der Waals surface area contributed by atoms with Crippen LogP contribution in [0.1, 0.15) is 26.7 Å². The highest BCUT2D eigenvalue weighted by Gasteiger charge is 2.30. The van der Waals surface area contributed by atoms with E-state index in [1.165, 1.54) is 4.31 Å². The van der Waals surface area contributed by atoms with Crippen molar-refractivity contribution in [2.45, 2.75) is 32.7 Å². The third-order valence-corrected chi connectivity index (χ3v) is 5.06. The van der Waals surface area contributed by atoms with E-state index >= 15 is 0 Å². The van der Waals surface area contributed by atoms with Crippen LogP contribution >= 0.6 is 0 Å². The summed E-state index contributed by atoms with van der Waals surface area (Å²) in [5, 5.41) is 0. The summed E-state index contributed by atoms with van der Waals surface area (Å²) in [6.45, 7) is 6.48. The quantitative estimate of drug-likeness (QED) is 0.668. The van der Waals surface area contributed by atoms with Crippen molar-refractivity contribution in [2.24, 2.45) is 5.73 Å². The number of hydrogen-bond donors (Lipinski definition) is 2. The molecule has 9 heteroatoms. The van der Waals surface area contributed by atoms with Gasteiger partial charge in [0.1, 0.15) is 0 Å². The molecule has 1 heterocycles. The molecule has 3 N–H and O–H groups in total. The zero-order chi connectivity index (χ0) is 15.9. The van der Waals surface area contributed by atoms with E-state index in [2.05, 4.69) is 16.6 Å². The van der Waals surface area contributed by atoms with Gasteiger partial charge >= 0.3 is 16.3 Å². The van der Waals surface area contributed by atoms with E-state index in [1.54, 1.807) is 6.92 Å². The first-order chi connectivity index (χ1) is 9.94. The SMILES string of the molecule is CCOC(=O)NS(=O)(=O)N1CCN(C(CC)CCN)CC1. The molecule has 8 nitrogen and oxygen atoms in total. The van der Waals surface area contributed by atoms with Crippen LogP contribution in [-0.4, -0.2) is 69.1 Å². The van der Waals surface area contributed by atoms with Gasteiger partial charge in [0.05, 0.1) is 6.61 Å². The summed E-state index contributed by atoms with van der Waals surface area (Å²) in [5.74, 6) is 0. The first-order valence-electron chi connectivity index (χ1n) is 7.33. The third-order valence-electron chi connectivity index (χ3n) is 3.59. The number of ether oxygens (including phenoxy) is 1. The summed E-state index contributed by atoms with van der Waals surface area (Å²) in [7, 11) is -3.82. The van der Waals surface area contributed by atoms with Crippen molar-refractivity contribution in [3.05, 3.63) is 0 Å². The number of carbonyl (C=O) groups is 1. The lowest BCUT2D eigenvalue weighted by molar-refractivity contribution is 0.127. The Kier molecular flexibility index (Phi) is 7.36. The van der Waals surface area contributed by atoms with Gasteiger partial charge in [-0.2, -0.15) is 12.7 Å². The molecule has 0 bridgehead atoms. The van der Waals surface area contributed by atoms with E-state index < -0.39 is 16.3 Å². The standard InChI is InChI=1S/C12H26N4O4S/c1-3-11(5-6-13)15-7-9-16(10-8-15)21(18,19)14-12(17)20-4-2/h11H,3-10,13H2,1-2H3,(H,14,17). The second-order valence-corrected chi connectivity index (χ2v) is 6.57. The topological polar surface area (TPSA) is 105 Å². The van der Waals surface area contributed by atoms with Crippen LogP contribution in [0, 0.1) is 0 Å². The number of carbonyl (C=O) groups excluding carboxylic acids is 1. The zero-order valence-electron chi connectivity index (χ0n) is 12.7. The zero-order valence-corrected chi connectivity index (χ0v) is 13.6. The van der Waals surface area contributed by atoms with Crippen LogP contribution in [0.3, 0.4) is 0 Å². The Bertz CT molecular complexity index is 421. The van der Waals surface area contributed by atoms with Gasteiger partial charge < -0.3 is 10.5 Å². The molecule has 0 aliphatic carbocycles. The summed E-state index contributed by atoms with van der Waals surface area (Å²) < 4.78 is 31.8. The number of nitrogens with zero attached hydrogens (tertiary/aromatic N) is 2. The predicted molar refractivity (Wildman–Crippen MR) is 80.0 cm³/mol. The minimum atomic E-state index is -3.82. The van der Waals surface area contributed by atoms with Gasteiger partial charge in [-0.05, 0) is 26.3 Å². The van der Waals surface area contributed by atoms with Crippen molar-refractivity contribution in [2.75, 3.05) is 39.3 Å². The molecule has 0 aromatic heterocycles. The molecule has 1 saturated heterocycles. The van der Waals surface area contributed by atoms with Gasteiger partial charge in [0.15, 0.2) is 0 Å². The maximum Gasteiger partial charge on any atom is 0.421 e. The number of nitrogens with two attached hydrogens (primary N) is 1. The maximum absolute atomic E-state index is 12.0. The van der Waals surface area contributed by atoms with Crippen LogP contribution in [0.4, 0.5) is 4.79 Å². The van der Waals surface area contributed by atoms with Gasteiger partial charge in [0, 0.05) is 32.2 Å². The van der Waals surface area contributed by atoms with Crippen LogP contribution in [0.2, 0.25) is 0 Å². The van der Waals surface area contributed by atoms with Crippen LogP contribution in [-0.2, 0) is 14.9 Å². The molecule has 124 valence electrons. The summed E-state index contributed by atoms with van der Waals surface area (Å²) in [6.07, 6.45) is 0.963. The Hall–Kier alpha value is -0.900. The van der Waals surface area contributed by atoms with Gasteiger partial charge in [-0.15, -0.1) is 0 Å². The maximum atomic E-state index is 12.0. The molecule has 0 aromatic rings. The van der Waals surface area contributed by atoms with Gasteiger partial charge in [-0.25, -0.2) is 9.52 Å². The number of nitrogens with one attached hydrogen (secondary N) is 1. The normalized spacial score (nSPS) is 19.2. The molecule has 1 rings (SSSR count). The smallest absolute Gasteiger partial charge is 0.421 e. The van der Waals surface area contributed by atoms with Gasteiger partial charge in [-0.1, -0.05) is 6.92 Å². The van der Waals surface area contributed by atoms with Crippen LogP contribution < -0.4 is 10.5 Å². The highest BCUT2D eigenvalue weighted by Crippen LogP contribution is 2.13. The van der Waals surface area contributed by atoms with Crippen molar-refractivity contribution >= 4 is 16.3 Å². The number of amides is 1. The molecule has 0 aromatic carbocycles.